The van der Waals surface area contributed by atoms with Crippen LogP contribution in [0.1, 0.15) is 206 Å². The van der Waals surface area contributed by atoms with Gasteiger partial charge >= 0.3 is 11.9 Å². The molecule has 0 N–H and O–H groups in total. The van der Waals surface area contributed by atoms with Crippen molar-refractivity contribution in [3.8, 4) is 0 Å². The zero-order valence-corrected chi connectivity index (χ0v) is 34.7. The summed E-state index contributed by atoms with van der Waals surface area (Å²) in [6.07, 6.45) is 53.0. The second-order valence-corrected chi connectivity index (χ2v) is 14.8. The largest absolute Gasteiger partial charge is 0.466 e. The smallest absolute Gasteiger partial charge is 0.305 e. The summed E-state index contributed by atoms with van der Waals surface area (Å²) in [5.41, 5.74) is 0. The van der Waals surface area contributed by atoms with E-state index in [1.807, 2.05) is 0 Å². The highest BCUT2D eigenvalue weighted by molar-refractivity contribution is 5.69. The fraction of sp³-hybridized carbons (Fsp3) is 0.787. The lowest BCUT2D eigenvalue weighted by Gasteiger charge is -2.16. The number of hydrogen-bond acceptors (Lipinski definition) is 5. The predicted octanol–water partition coefficient (Wildman–Crippen LogP) is 14.0. The molecule has 0 unspecified atom stereocenters. The van der Waals surface area contributed by atoms with Gasteiger partial charge in [-0.25, -0.2) is 0 Å². The molecule has 0 aromatic rings. The number of esters is 2. The number of hydrogen-bond donors (Lipinski definition) is 0. The number of nitrogens with zero attached hydrogens (tertiary/aromatic N) is 1. The zero-order valence-electron chi connectivity index (χ0n) is 34.7. The summed E-state index contributed by atoms with van der Waals surface area (Å²) in [7, 11) is 2.07. The second kappa shape index (κ2) is 43.3. The number of unbranched alkanes of at least 4 members (excludes halogenated alkanes) is 20. The van der Waals surface area contributed by atoms with Gasteiger partial charge in [-0.15, -0.1) is 0 Å². The van der Waals surface area contributed by atoms with Gasteiger partial charge in [-0.1, -0.05) is 152 Å². The molecular formula is C47H85NO4. The Morgan fingerprint density at radius 1 is 0.404 bits per heavy atom. The third-order valence-electron chi connectivity index (χ3n) is 9.56. The molecule has 0 spiro atoms. The van der Waals surface area contributed by atoms with Gasteiger partial charge in [0.25, 0.3) is 0 Å². The summed E-state index contributed by atoms with van der Waals surface area (Å²) in [4.78, 5) is 26.3. The van der Waals surface area contributed by atoms with E-state index < -0.39 is 0 Å². The molecule has 0 rings (SSSR count). The highest BCUT2D eigenvalue weighted by atomic mass is 16.5. The van der Waals surface area contributed by atoms with Crippen LogP contribution in [0.3, 0.4) is 0 Å². The lowest BCUT2D eigenvalue weighted by atomic mass is 10.1. The molecule has 0 heterocycles. The first-order valence-corrected chi connectivity index (χ1v) is 22.2. The van der Waals surface area contributed by atoms with Gasteiger partial charge in [-0.05, 0) is 96.9 Å². The van der Waals surface area contributed by atoms with Crippen LogP contribution in [-0.4, -0.2) is 50.2 Å². The Labute approximate surface area is 323 Å². The Hall–Kier alpha value is -2.14. The first kappa shape index (κ1) is 49.9. The molecule has 0 aromatic heterocycles. The average Bonchev–Trinajstić information content (AvgIpc) is 3.14. The van der Waals surface area contributed by atoms with Crippen LogP contribution in [-0.2, 0) is 19.1 Å². The van der Waals surface area contributed by atoms with E-state index in [-0.39, 0.29) is 11.9 Å². The molecule has 0 saturated heterocycles. The van der Waals surface area contributed by atoms with Gasteiger partial charge in [0, 0.05) is 25.9 Å². The van der Waals surface area contributed by atoms with Crippen molar-refractivity contribution < 1.29 is 19.1 Å². The van der Waals surface area contributed by atoms with Gasteiger partial charge in [0.05, 0.1) is 13.2 Å². The summed E-state index contributed by atoms with van der Waals surface area (Å²) >= 11 is 0. The van der Waals surface area contributed by atoms with Crippen LogP contribution in [0.15, 0.2) is 48.6 Å². The van der Waals surface area contributed by atoms with E-state index in [1.54, 1.807) is 0 Å². The van der Waals surface area contributed by atoms with Crippen LogP contribution in [0.2, 0.25) is 0 Å². The van der Waals surface area contributed by atoms with Crippen LogP contribution >= 0.6 is 0 Å². The molecule has 302 valence electrons. The molecular weight excluding hydrogens is 643 g/mol. The second-order valence-electron chi connectivity index (χ2n) is 14.8. The minimum atomic E-state index is -0.0624. The molecule has 0 fully saturated rings. The monoisotopic (exact) mass is 728 g/mol. The Morgan fingerprint density at radius 2 is 0.712 bits per heavy atom. The van der Waals surface area contributed by atoms with Crippen LogP contribution in [0.5, 0.6) is 0 Å². The van der Waals surface area contributed by atoms with Gasteiger partial charge in [-0.3, -0.25) is 9.59 Å². The topological polar surface area (TPSA) is 55.8 Å². The molecule has 0 radical (unpaired) electrons. The first-order valence-electron chi connectivity index (χ1n) is 22.2. The summed E-state index contributed by atoms with van der Waals surface area (Å²) in [6.45, 7) is 7.22. The van der Waals surface area contributed by atoms with Gasteiger partial charge in [0.2, 0.25) is 0 Å². The van der Waals surface area contributed by atoms with Crippen LogP contribution in [0, 0.1) is 0 Å². The van der Waals surface area contributed by atoms with Gasteiger partial charge in [-0.2, -0.15) is 0 Å². The Morgan fingerprint density at radius 3 is 1.06 bits per heavy atom. The van der Waals surface area contributed by atoms with E-state index >= 15 is 0 Å². The molecule has 0 aliphatic heterocycles. The Balaban J connectivity index is 3.42. The van der Waals surface area contributed by atoms with Crippen molar-refractivity contribution in [1.29, 1.82) is 0 Å². The number of carbonyl (C=O) groups excluding carboxylic acids is 2. The molecule has 0 amide bonds. The molecule has 0 aliphatic rings. The standard InChI is InChI=1S/C47H85NO4/c1-4-6-8-10-12-14-16-18-20-22-24-26-28-30-32-34-36-40-46(49)51-44-38-42-48(3)43-39-45-52-47(50)41-37-35-33-31-29-27-25-23-21-19-17-15-13-11-9-7-5-2/h12-15,18-21H,4-11,16-17,22-45H2,1-3H3. The fourth-order valence-electron chi connectivity index (χ4n) is 6.17. The summed E-state index contributed by atoms with van der Waals surface area (Å²) < 4.78 is 10.9. The summed E-state index contributed by atoms with van der Waals surface area (Å²) in [5, 5.41) is 0. The van der Waals surface area contributed by atoms with Crippen molar-refractivity contribution >= 4 is 11.9 Å². The summed E-state index contributed by atoms with van der Waals surface area (Å²) in [5.74, 6) is -0.125. The number of carbonyl (C=O) groups is 2. The van der Waals surface area contributed by atoms with Crippen molar-refractivity contribution in [3.63, 3.8) is 0 Å². The Bertz CT molecular complexity index is 807. The van der Waals surface area contributed by atoms with Crippen molar-refractivity contribution in [2.45, 2.75) is 206 Å². The predicted molar refractivity (Wildman–Crippen MR) is 226 cm³/mol. The minimum Gasteiger partial charge on any atom is -0.466 e. The van der Waals surface area contributed by atoms with Crippen LogP contribution in [0.25, 0.3) is 0 Å². The van der Waals surface area contributed by atoms with Crippen molar-refractivity contribution in [2.24, 2.45) is 0 Å². The van der Waals surface area contributed by atoms with Crippen molar-refractivity contribution in [1.82, 2.24) is 4.90 Å². The highest BCUT2D eigenvalue weighted by Gasteiger charge is 2.06. The van der Waals surface area contributed by atoms with E-state index in [1.165, 1.54) is 128 Å². The van der Waals surface area contributed by atoms with E-state index in [2.05, 4.69) is 74.4 Å². The normalized spacial score (nSPS) is 12.1. The molecule has 0 aromatic carbocycles. The number of rotatable bonds is 40. The first-order chi connectivity index (χ1) is 25.6. The van der Waals surface area contributed by atoms with Gasteiger partial charge in [0.15, 0.2) is 0 Å². The molecule has 5 nitrogen and oxygen atoms in total. The van der Waals surface area contributed by atoms with E-state index in [0.717, 1.165) is 64.5 Å². The van der Waals surface area contributed by atoms with Gasteiger partial charge < -0.3 is 14.4 Å². The highest BCUT2D eigenvalue weighted by Crippen LogP contribution is 2.12. The van der Waals surface area contributed by atoms with E-state index in [0.29, 0.717) is 26.1 Å². The third-order valence-corrected chi connectivity index (χ3v) is 9.56. The number of ether oxygens (including phenoxy) is 2. The molecule has 5 heteroatoms. The Kier molecular flexibility index (Phi) is 41.5. The summed E-state index contributed by atoms with van der Waals surface area (Å²) in [6, 6.07) is 0. The maximum atomic E-state index is 12.1. The molecule has 0 saturated carbocycles. The van der Waals surface area contributed by atoms with Crippen LogP contribution < -0.4 is 0 Å². The van der Waals surface area contributed by atoms with Gasteiger partial charge in [0.1, 0.15) is 0 Å². The maximum Gasteiger partial charge on any atom is 0.305 e. The van der Waals surface area contributed by atoms with E-state index in [4.69, 9.17) is 9.47 Å². The number of allylic oxidation sites excluding steroid dienone is 8. The zero-order chi connectivity index (χ0) is 37.8. The minimum absolute atomic E-state index is 0.0624. The van der Waals surface area contributed by atoms with Crippen molar-refractivity contribution in [3.05, 3.63) is 48.6 Å². The fourth-order valence-corrected chi connectivity index (χ4v) is 6.17. The lowest BCUT2D eigenvalue weighted by Crippen LogP contribution is -2.23. The average molecular weight is 728 g/mol. The van der Waals surface area contributed by atoms with Crippen molar-refractivity contribution in [2.75, 3.05) is 33.4 Å². The molecule has 0 atom stereocenters. The lowest BCUT2D eigenvalue weighted by molar-refractivity contribution is -0.144. The third kappa shape index (κ3) is 42.3. The van der Waals surface area contributed by atoms with E-state index in [9.17, 15) is 9.59 Å². The SMILES string of the molecule is CCCCCC=CCC=CCCCCCCCCCC(=O)OCCCN(C)CCCOC(=O)CCCCCCCCCC=CCC=CCCCCC. The molecule has 0 aliphatic carbocycles. The maximum absolute atomic E-state index is 12.1. The quantitative estimate of drug-likeness (QED) is 0.0357. The molecule has 52 heavy (non-hydrogen) atoms. The molecule has 0 bridgehead atoms. The van der Waals surface area contributed by atoms with Crippen LogP contribution in [0.4, 0.5) is 0 Å².